The Labute approximate surface area is 196 Å². The van der Waals surface area contributed by atoms with Crippen LogP contribution in [0.15, 0.2) is 81.9 Å². The summed E-state index contributed by atoms with van der Waals surface area (Å²) in [6.45, 7) is 4.48. The van der Waals surface area contributed by atoms with Crippen LogP contribution in [0.4, 0.5) is 5.69 Å². The van der Waals surface area contributed by atoms with Gasteiger partial charge in [-0.1, -0.05) is 41.7 Å². The van der Waals surface area contributed by atoms with E-state index in [4.69, 9.17) is 0 Å². The summed E-state index contributed by atoms with van der Waals surface area (Å²) in [5, 5.41) is 1.59. The van der Waals surface area contributed by atoms with Crippen molar-refractivity contribution in [1.29, 1.82) is 0 Å². The van der Waals surface area contributed by atoms with Crippen molar-refractivity contribution in [2.45, 2.75) is 21.9 Å². The molecule has 0 saturated carbocycles. The Bertz CT molecular complexity index is 1070. The van der Waals surface area contributed by atoms with Gasteiger partial charge in [0, 0.05) is 54.7 Å². The van der Waals surface area contributed by atoms with Crippen molar-refractivity contribution in [2.75, 3.05) is 36.8 Å². The number of ketones is 1. The summed E-state index contributed by atoms with van der Waals surface area (Å²) in [6, 6.07) is 17.7. The zero-order valence-electron chi connectivity index (χ0n) is 17.8. The second-order valence-corrected chi connectivity index (χ2v) is 9.37. The van der Waals surface area contributed by atoms with Gasteiger partial charge in [0.25, 0.3) is 0 Å². The molecule has 2 heterocycles. The predicted molar refractivity (Wildman–Crippen MR) is 129 cm³/mol. The highest BCUT2D eigenvalue weighted by atomic mass is 32.2. The van der Waals surface area contributed by atoms with Crippen LogP contribution in [-0.2, 0) is 4.79 Å². The molecule has 0 N–H and O–H groups in total. The standard InChI is InChI=1S/C24H24N4O2S2/c1-18(29)19-7-9-20(10-8-19)27-13-15-28(16-14-27)22(30)17-31-23-24(26-12-11-25-23)32-21-5-3-2-4-6-21/h2-12H,13-17H2,1H3. The third kappa shape index (κ3) is 5.69. The van der Waals surface area contributed by atoms with Crippen LogP contribution in [0.5, 0.6) is 0 Å². The molecule has 2 aromatic carbocycles. The number of piperazine rings is 1. The van der Waals surface area contributed by atoms with Crippen molar-refractivity contribution in [3.8, 4) is 0 Å². The number of nitrogens with zero attached hydrogens (tertiary/aromatic N) is 4. The first-order valence-corrected chi connectivity index (χ1v) is 12.2. The normalized spacial score (nSPS) is 13.8. The maximum Gasteiger partial charge on any atom is 0.233 e. The van der Waals surface area contributed by atoms with Gasteiger partial charge >= 0.3 is 0 Å². The fourth-order valence-corrected chi connectivity index (χ4v) is 5.25. The van der Waals surface area contributed by atoms with Crippen LogP contribution in [-0.4, -0.2) is 58.5 Å². The van der Waals surface area contributed by atoms with E-state index in [1.807, 2.05) is 59.5 Å². The van der Waals surface area contributed by atoms with Gasteiger partial charge in [-0.05, 0) is 43.3 Å². The Morgan fingerprint density at radius 3 is 2.19 bits per heavy atom. The van der Waals surface area contributed by atoms with Gasteiger partial charge in [-0.2, -0.15) is 0 Å². The molecule has 3 aromatic rings. The molecule has 0 radical (unpaired) electrons. The number of thioether (sulfide) groups is 1. The lowest BCUT2D eigenvalue weighted by Crippen LogP contribution is -2.49. The first kappa shape index (κ1) is 22.4. The number of hydrogen-bond donors (Lipinski definition) is 0. The molecule has 0 aliphatic carbocycles. The number of amides is 1. The van der Waals surface area contributed by atoms with Gasteiger partial charge in [-0.15, -0.1) is 0 Å². The van der Waals surface area contributed by atoms with Crippen LogP contribution in [0.1, 0.15) is 17.3 Å². The second-order valence-electron chi connectivity index (χ2n) is 7.34. The van der Waals surface area contributed by atoms with E-state index in [1.54, 1.807) is 31.1 Å². The molecule has 164 valence electrons. The molecule has 4 rings (SSSR count). The summed E-state index contributed by atoms with van der Waals surface area (Å²) in [6.07, 6.45) is 3.34. The number of anilines is 1. The van der Waals surface area contributed by atoms with E-state index in [0.29, 0.717) is 24.4 Å². The number of rotatable bonds is 7. The number of benzene rings is 2. The molecular weight excluding hydrogens is 440 g/mol. The van der Waals surface area contributed by atoms with E-state index in [9.17, 15) is 9.59 Å². The molecule has 1 aliphatic heterocycles. The average Bonchev–Trinajstić information content (AvgIpc) is 2.84. The molecular formula is C24H24N4O2S2. The van der Waals surface area contributed by atoms with Gasteiger partial charge in [-0.25, -0.2) is 9.97 Å². The zero-order valence-corrected chi connectivity index (χ0v) is 19.4. The molecule has 1 aromatic heterocycles. The monoisotopic (exact) mass is 464 g/mol. The third-order valence-corrected chi connectivity index (χ3v) is 7.29. The SMILES string of the molecule is CC(=O)c1ccc(N2CCN(C(=O)CSc3nccnc3Sc3ccccc3)CC2)cc1. The van der Waals surface area contributed by atoms with Crippen LogP contribution in [0.3, 0.4) is 0 Å². The van der Waals surface area contributed by atoms with Gasteiger partial charge in [-0.3, -0.25) is 9.59 Å². The van der Waals surface area contributed by atoms with Crippen molar-refractivity contribution >= 4 is 40.9 Å². The molecule has 1 aliphatic rings. The Morgan fingerprint density at radius 1 is 0.875 bits per heavy atom. The predicted octanol–water partition coefficient (Wildman–Crippen LogP) is 4.27. The smallest absolute Gasteiger partial charge is 0.233 e. The minimum absolute atomic E-state index is 0.0675. The number of carbonyl (C=O) groups is 2. The Morgan fingerprint density at radius 2 is 1.53 bits per heavy atom. The highest BCUT2D eigenvalue weighted by Gasteiger charge is 2.22. The first-order chi connectivity index (χ1) is 15.6. The molecule has 0 unspecified atom stereocenters. The summed E-state index contributed by atoms with van der Waals surface area (Å²) in [4.78, 5) is 38.4. The van der Waals surface area contributed by atoms with Crippen LogP contribution in [0, 0.1) is 0 Å². The fraction of sp³-hybridized carbons (Fsp3) is 0.250. The second kappa shape index (κ2) is 10.7. The largest absolute Gasteiger partial charge is 0.368 e. The van der Waals surface area contributed by atoms with E-state index in [0.717, 1.165) is 33.7 Å². The highest BCUT2D eigenvalue weighted by molar-refractivity contribution is 8.02. The lowest BCUT2D eigenvalue weighted by Gasteiger charge is -2.36. The summed E-state index contributed by atoms with van der Waals surface area (Å²) >= 11 is 2.99. The van der Waals surface area contributed by atoms with E-state index >= 15 is 0 Å². The minimum Gasteiger partial charge on any atom is -0.368 e. The molecule has 1 saturated heterocycles. The molecule has 0 bridgehead atoms. The average molecular weight is 465 g/mol. The number of Topliss-reactive ketones (excluding diaryl/α,β-unsaturated/α-hetero) is 1. The summed E-state index contributed by atoms with van der Waals surface area (Å²) in [5.74, 6) is 0.523. The summed E-state index contributed by atoms with van der Waals surface area (Å²) in [5.41, 5.74) is 1.80. The molecule has 6 nitrogen and oxygen atoms in total. The summed E-state index contributed by atoms with van der Waals surface area (Å²) < 4.78 is 0. The quantitative estimate of drug-likeness (QED) is 0.382. The van der Waals surface area contributed by atoms with Crippen LogP contribution < -0.4 is 4.90 Å². The fourth-order valence-electron chi connectivity index (χ4n) is 3.42. The van der Waals surface area contributed by atoms with Gasteiger partial charge in [0.05, 0.1) is 5.75 Å². The maximum atomic E-state index is 12.8. The highest BCUT2D eigenvalue weighted by Crippen LogP contribution is 2.32. The van der Waals surface area contributed by atoms with Gasteiger partial charge in [0.1, 0.15) is 10.1 Å². The van der Waals surface area contributed by atoms with E-state index in [1.165, 1.54) is 11.8 Å². The molecule has 8 heteroatoms. The number of carbonyl (C=O) groups excluding carboxylic acids is 2. The lowest BCUT2D eigenvalue weighted by molar-refractivity contribution is -0.128. The van der Waals surface area contributed by atoms with Crippen molar-refractivity contribution in [3.05, 3.63) is 72.6 Å². The number of hydrogen-bond acceptors (Lipinski definition) is 7. The zero-order chi connectivity index (χ0) is 22.3. The van der Waals surface area contributed by atoms with Gasteiger partial charge in [0.2, 0.25) is 5.91 Å². The van der Waals surface area contributed by atoms with Crippen LogP contribution in [0.25, 0.3) is 0 Å². The first-order valence-electron chi connectivity index (χ1n) is 10.4. The summed E-state index contributed by atoms with van der Waals surface area (Å²) in [7, 11) is 0. The third-order valence-electron chi connectivity index (χ3n) is 5.19. The molecule has 0 spiro atoms. The molecule has 32 heavy (non-hydrogen) atoms. The van der Waals surface area contributed by atoms with Gasteiger partial charge < -0.3 is 9.80 Å². The van der Waals surface area contributed by atoms with Crippen LogP contribution >= 0.6 is 23.5 Å². The lowest BCUT2D eigenvalue weighted by atomic mass is 10.1. The van der Waals surface area contributed by atoms with E-state index in [2.05, 4.69) is 14.9 Å². The Hall–Kier alpha value is -2.84. The van der Waals surface area contributed by atoms with Crippen molar-refractivity contribution in [2.24, 2.45) is 0 Å². The maximum absolute atomic E-state index is 12.8. The van der Waals surface area contributed by atoms with E-state index < -0.39 is 0 Å². The number of aromatic nitrogens is 2. The topological polar surface area (TPSA) is 66.4 Å². The molecule has 0 atom stereocenters. The van der Waals surface area contributed by atoms with Crippen LogP contribution in [0.2, 0.25) is 0 Å². The minimum atomic E-state index is 0.0675. The Balaban J connectivity index is 1.30. The van der Waals surface area contributed by atoms with Gasteiger partial charge in [0.15, 0.2) is 5.78 Å². The molecule has 1 amide bonds. The van der Waals surface area contributed by atoms with E-state index in [-0.39, 0.29) is 11.7 Å². The Kier molecular flexibility index (Phi) is 7.44. The van der Waals surface area contributed by atoms with Crippen molar-refractivity contribution in [1.82, 2.24) is 14.9 Å². The molecule has 1 fully saturated rings. The van der Waals surface area contributed by atoms with Crippen molar-refractivity contribution < 1.29 is 9.59 Å². The van der Waals surface area contributed by atoms with Crippen molar-refractivity contribution in [3.63, 3.8) is 0 Å².